The Hall–Kier alpha value is -2.39. The van der Waals surface area contributed by atoms with Crippen LogP contribution in [0.2, 0.25) is 0 Å². The van der Waals surface area contributed by atoms with Crippen LogP contribution in [0.1, 0.15) is 36.8 Å². The average Bonchev–Trinajstić information content (AvgIpc) is 2.83. The maximum absolute atomic E-state index is 11.7. The second-order valence-electron chi connectivity index (χ2n) is 5.75. The Balaban J connectivity index is 1.99. The van der Waals surface area contributed by atoms with Crippen LogP contribution in [0.5, 0.6) is 0 Å². The van der Waals surface area contributed by atoms with Crippen LogP contribution in [0.3, 0.4) is 0 Å². The molecule has 0 atom stereocenters. The van der Waals surface area contributed by atoms with Crippen molar-refractivity contribution >= 4 is 22.6 Å². The maximum Gasteiger partial charge on any atom is 0.413 e. The summed E-state index contributed by atoms with van der Waals surface area (Å²) in [7, 11) is 0. The van der Waals surface area contributed by atoms with Crippen molar-refractivity contribution in [3.8, 4) is 6.07 Å². The Morgan fingerprint density at radius 1 is 1.45 bits per heavy atom. The lowest BCUT2D eigenvalue weighted by Gasteiger charge is -2.18. The van der Waals surface area contributed by atoms with Gasteiger partial charge in [-0.25, -0.2) is 9.78 Å². The normalized spacial score (nSPS) is 10.8. The van der Waals surface area contributed by atoms with Gasteiger partial charge in [0.15, 0.2) is 5.13 Å². The number of amides is 1. The third-order valence-electron chi connectivity index (χ3n) is 2.60. The molecule has 1 aromatic heterocycles. The number of nitrogens with one attached hydrogen (secondary N) is 1. The molecule has 0 aliphatic heterocycles. The summed E-state index contributed by atoms with van der Waals surface area (Å²) in [5.74, 6) is 0. The van der Waals surface area contributed by atoms with Gasteiger partial charge in [-0.1, -0.05) is 12.1 Å². The molecule has 1 heterocycles. The lowest BCUT2D eigenvalue weighted by Crippen LogP contribution is -2.27. The third-order valence-corrected chi connectivity index (χ3v) is 3.51. The van der Waals surface area contributed by atoms with Crippen LogP contribution < -0.4 is 5.32 Å². The van der Waals surface area contributed by atoms with Crippen LogP contribution in [-0.4, -0.2) is 16.7 Å². The SMILES string of the molecule is CC(C)(C)OC(=O)Nc1ncc(Cc2cccc(C#N)c2)s1. The van der Waals surface area contributed by atoms with Gasteiger partial charge in [-0.05, 0) is 38.5 Å². The highest BCUT2D eigenvalue weighted by Crippen LogP contribution is 2.22. The summed E-state index contributed by atoms with van der Waals surface area (Å²) < 4.78 is 5.18. The number of benzene rings is 1. The molecule has 0 radical (unpaired) electrons. The van der Waals surface area contributed by atoms with Crippen LogP contribution in [0.4, 0.5) is 9.93 Å². The van der Waals surface area contributed by atoms with Crippen molar-refractivity contribution in [2.24, 2.45) is 0 Å². The van der Waals surface area contributed by atoms with Gasteiger partial charge >= 0.3 is 6.09 Å². The van der Waals surface area contributed by atoms with E-state index in [1.165, 1.54) is 11.3 Å². The number of anilines is 1. The molecule has 2 aromatic rings. The molecule has 0 fully saturated rings. The molecule has 1 amide bonds. The second-order valence-corrected chi connectivity index (χ2v) is 6.86. The van der Waals surface area contributed by atoms with Crippen molar-refractivity contribution < 1.29 is 9.53 Å². The maximum atomic E-state index is 11.7. The van der Waals surface area contributed by atoms with Gasteiger partial charge in [0.25, 0.3) is 0 Å². The molecule has 22 heavy (non-hydrogen) atoms. The summed E-state index contributed by atoms with van der Waals surface area (Å²) in [5.41, 5.74) is 1.13. The number of carbonyl (C=O) groups excluding carboxylic acids is 1. The first-order chi connectivity index (χ1) is 10.4. The molecule has 0 bridgehead atoms. The van der Waals surface area contributed by atoms with E-state index in [2.05, 4.69) is 16.4 Å². The minimum Gasteiger partial charge on any atom is -0.444 e. The summed E-state index contributed by atoms with van der Waals surface area (Å²) >= 11 is 1.39. The minimum atomic E-state index is -0.540. The lowest BCUT2D eigenvalue weighted by atomic mass is 10.1. The minimum absolute atomic E-state index is 0.501. The van der Waals surface area contributed by atoms with Crippen molar-refractivity contribution in [1.29, 1.82) is 5.26 Å². The van der Waals surface area contributed by atoms with Crippen molar-refractivity contribution in [1.82, 2.24) is 4.98 Å². The van der Waals surface area contributed by atoms with Crippen LogP contribution in [0.15, 0.2) is 30.5 Å². The van der Waals surface area contributed by atoms with Crippen LogP contribution >= 0.6 is 11.3 Å². The third kappa shape index (κ3) is 4.86. The highest BCUT2D eigenvalue weighted by molar-refractivity contribution is 7.15. The predicted octanol–water partition coefficient (Wildman–Crippen LogP) is 3.95. The van der Waals surface area contributed by atoms with Crippen LogP contribution in [0, 0.1) is 11.3 Å². The number of rotatable bonds is 3. The molecule has 2 rings (SSSR count). The zero-order chi connectivity index (χ0) is 16.2. The standard InChI is InChI=1S/C16H17N3O2S/c1-16(2,3)21-15(20)19-14-18-10-13(22-14)8-11-5-4-6-12(7-11)9-17/h4-7,10H,8H2,1-3H3,(H,18,19,20). The summed E-state index contributed by atoms with van der Waals surface area (Å²) in [5, 5.41) is 12.0. The Labute approximate surface area is 133 Å². The molecular weight excluding hydrogens is 298 g/mol. The van der Waals surface area contributed by atoms with E-state index < -0.39 is 11.7 Å². The molecule has 5 nitrogen and oxygen atoms in total. The predicted molar refractivity (Wildman–Crippen MR) is 85.9 cm³/mol. The van der Waals surface area contributed by atoms with E-state index in [4.69, 9.17) is 10.00 Å². The van der Waals surface area contributed by atoms with Gasteiger partial charge in [-0.3, -0.25) is 5.32 Å². The quantitative estimate of drug-likeness (QED) is 0.930. The molecule has 0 saturated carbocycles. The molecule has 0 unspecified atom stereocenters. The van der Waals surface area contributed by atoms with E-state index in [1.807, 2.05) is 39.0 Å². The number of hydrogen-bond donors (Lipinski definition) is 1. The number of nitriles is 1. The fraction of sp³-hybridized carbons (Fsp3) is 0.312. The summed E-state index contributed by atoms with van der Waals surface area (Å²) in [6.45, 7) is 5.42. The fourth-order valence-electron chi connectivity index (χ4n) is 1.79. The van der Waals surface area contributed by atoms with E-state index in [1.54, 1.807) is 12.3 Å². The number of hydrogen-bond acceptors (Lipinski definition) is 5. The lowest BCUT2D eigenvalue weighted by molar-refractivity contribution is 0.0636. The number of nitrogens with zero attached hydrogens (tertiary/aromatic N) is 2. The molecular formula is C16H17N3O2S. The molecule has 0 spiro atoms. The highest BCUT2D eigenvalue weighted by Gasteiger charge is 2.17. The monoisotopic (exact) mass is 315 g/mol. The van der Waals surface area contributed by atoms with Crippen molar-refractivity contribution in [2.45, 2.75) is 32.8 Å². The molecule has 114 valence electrons. The van der Waals surface area contributed by atoms with Gasteiger partial charge < -0.3 is 4.74 Å². The van der Waals surface area contributed by atoms with Gasteiger partial charge in [0.1, 0.15) is 5.60 Å². The Morgan fingerprint density at radius 2 is 2.23 bits per heavy atom. The number of ether oxygens (including phenoxy) is 1. The van der Waals surface area contributed by atoms with Gasteiger partial charge in [-0.2, -0.15) is 5.26 Å². The fourth-order valence-corrected chi connectivity index (χ4v) is 2.62. The van der Waals surface area contributed by atoms with E-state index in [0.29, 0.717) is 17.1 Å². The molecule has 0 aliphatic carbocycles. The van der Waals surface area contributed by atoms with E-state index >= 15 is 0 Å². The molecule has 6 heteroatoms. The van der Waals surface area contributed by atoms with Gasteiger partial charge in [0.05, 0.1) is 11.6 Å². The smallest absolute Gasteiger partial charge is 0.413 e. The Bertz CT molecular complexity index is 711. The number of aromatic nitrogens is 1. The number of thiazole rings is 1. The Morgan fingerprint density at radius 3 is 2.91 bits per heavy atom. The molecule has 1 aromatic carbocycles. The first-order valence-electron chi connectivity index (χ1n) is 6.79. The topological polar surface area (TPSA) is 75.0 Å². The van der Waals surface area contributed by atoms with Crippen molar-refractivity contribution in [3.05, 3.63) is 46.5 Å². The van der Waals surface area contributed by atoms with Gasteiger partial charge in [0.2, 0.25) is 0 Å². The zero-order valence-corrected chi connectivity index (χ0v) is 13.5. The molecule has 0 aliphatic rings. The summed E-state index contributed by atoms with van der Waals surface area (Å²) in [6.07, 6.45) is 1.87. The van der Waals surface area contributed by atoms with Crippen molar-refractivity contribution in [3.63, 3.8) is 0 Å². The van der Waals surface area contributed by atoms with E-state index in [-0.39, 0.29) is 0 Å². The van der Waals surface area contributed by atoms with Crippen LogP contribution in [-0.2, 0) is 11.2 Å². The Kier molecular flexibility index (Phi) is 4.78. The summed E-state index contributed by atoms with van der Waals surface area (Å²) in [4.78, 5) is 16.8. The van der Waals surface area contributed by atoms with Crippen LogP contribution in [0.25, 0.3) is 0 Å². The van der Waals surface area contributed by atoms with E-state index in [0.717, 1.165) is 10.4 Å². The molecule has 1 N–H and O–H groups in total. The van der Waals surface area contributed by atoms with Gasteiger partial charge in [0, 0.05) is 17.5 Å². The largest absolute Gasteiger partial charge is 0.444 e. The van der Waals surface area contributed by atoms with E-state index in [9.17, 15) is 4.79 Å². The zero-order valence-electron chi connectivity index (χ0n) is 12.7. The number of carbonyl (C=O) groups is 1. The first-order valence-corrected chi connectivity index (χ1v) is 7.61. The second kappa shape index (κ2) is 6.58. The van der Waals surface area contributed by atoms with Crippen molar-refractivity contribution in [2.75, 3.05) is 5.32 Å². The molecule has 0 saturated heterocycles. The summed E-state index contributed by atoms with van der Waals surface area (Å²) in [6, 6.07) is 9.55. The average molecular weight is 315 g/mol. The van der Waals surface area contributed by atoms with Gasteiger partial charge in [-0.15, -0.1) is 11.3 Å². The highest BCUT2D eigenvalue weighted by atomic mass is 32.1. The first kappa shape index (κ1) is 16.0.